The van der Waals surface area contributed by atoms with Crippen LogP contribution in [0.25, 0.3) is 0 Å². The molecule has 0 saturated heterocycles. The van der Waals surface area contributed by atoms with Crippen molar-refractivity contribution < 1.29 is 5.21 Å². The molecule has 1 unspecified atom stereocenters. The highest BCUT2D eigenvalue weighted by Gasteiger charge is 2.16. The Hall–Kier alpha value is -2.10. The molecule has 2 rings (SSSR count). The molecule has 0 amide bonds. The van der Waals surface area contributed by atoms with Gasteiger partial charge in [-0.25, -0.2) is 0 Å². The fourth-order valence-corrected chi connectivity index (χ4v) is 1.40. The third-order valence-electron chi connectivity index (χ3n) is 2.12. The van der Waals surface area contributed by atoms with Gasteiger partial charge in [0.15, 0.2) is 0 Å². The van der Waals surface area contributed by atoms with E-state index in [1.165, 1.54) is 0 Å². The number of hydrogen-bond acceptors (Lipinski definition) is 4. The number of allylic oxidation sites excluding steroid dienone is 2. The second kappa shape index (κ2) is 4.41. The zero-order valence-corrected chi connectivity index (χ0v) is 8.04. The quantitative estimate of drug-likeness (QED) is 0.431. The number of rotatable bonds is 2. The molecule has 1 aromatic rings. The summed E-state index contributed by atoms with van der Waals surface area (Å²) in [5.41, 5.74) is 1.17. The number of pyridine rings is 1. The Morgan fingerprint density at radius 1 is 1.40 bits per heavy atom. The van der Waals surface area contributed by atoms with Gasteiger partial charge in [-0.2, -0.15) is 0 Å². The highest BCUT2D eigenvalue weighted by molar-refractivity contribution is 6.03. The molecule has 0 spiro atoms. The molecular formula is C11H11N3O. The van der Waals surface area contributed by atoms with Gasteiger partial charge in [0.25, 0.3) is 0 Å². The summed E-state index contributed by atoms with van der Waals surface area (Å²) in [5.74, 6) is 0. The molecule has 0 fully saturated rings. The molecule has 1 aromatic heterocycles. The van der Waals surface area contributed by atoms with E-state index < -0.39 is 0 Å². The zero-order chi connectivity index (χ0) is 10.5. The molecule has 2 N–H and O–H groups in total. The summed E-state index contributed by atoms with van der Waals surface area (Å²) in [5, 5.41) is 15.3. The van der Waals surface area contributed by atoms with Gasteiger partial charge in [-0.05, 0) is 24.4 Å². The normalized spacial score (nSPS) is 20.0. The van der Waals surface area contributed by atoms with Gasteiger partial charge in [0.05, 0.1) is 11.7 Å². The molecule has 76 valence electrons. The minimum atomic E-state index is -0.130. The standard InChI is InChI=1S/C11H11N3O/c15-14-11(9-5-1-3-7-12-9)10-6-2-4-8-13-10/h1-9,12,15H/b14-11+. The second-order valence-corrected chi connectivity index (χ2v) is 3.09. The lowest BCUT2D eigenvalue weighted by molar-refractivity contribution is 0.317. The number of nitrogens with zero attached hydrogens (tertiary/aromatic N) is 2. The van der Waals surface area contributed by atoms with Crippen LogP contribution in [0, 0.1) is 0 Å². The summed E-state index contributed by atoms with van der Waals surface area (Å²) in [6.07, 6.45) is 9.16. The largest absolute Gasteiger partial charge is 0.411 e. The van der Waals surface area contributed by atoms with Gasteiger partial charge in [-0.15, -0.1) is 0 Å². The summed E-state index contributed by atoms with van der Waals surface area (Å²) >= 11 is 0. The van der Waals surface area contributed by atoms with Crippen LogP contribution in [0.2, 0.25) is 0 Å². The Kier molecular flexibility index (Phi) is 2.78. The van der Waals surface area contributed by atoms with Crippen molar-refractivity contribution >= 4 is 5.71 Å². The van der Waals surface area contributed by atoms with Crippen LogP contribution in [0.4, 0.5) is 0 Å². The van der Waals surface area contributed by atoms with Gasteiger partial charge in [-0.3, -0.25) is 4.98 Å². The number of hydrogen-bond donors (Lipinski definition) is 2. The van der Waals surface area contributed by atoms with E-state index in [1.807, 2.05) is 36.4 Å². The number of aromatic nitrogens is 1. The third-order valence-corrected chi connectivity index (χ3v) is 2.12. The van der Waals surface area contributed by atoms with Crippen molar-refractivity contribution in [2.45, 2.75) is 6.04 Å². The number of dihydropyridines is 1. The van der Waals surface area contributed by atoms with E-state index in [-0.39, 0.29) is 6.04 Å². The van der Waals surface area contributed by atoms with Crippen LogP contribution in [-0.2, 0) is 0 Å². The van der Waals surface area contributed by atoms with Crippen molar-refractivity contribution in [3.05, 3.63) is 54.5 Å². The van der Waals surface area contributed by atoms with E-state index in [0.29, 0.717) is 11.4 Å². The first-order valence-electron chi connectivity index (χ1n) is 4.64. The van der Waals surface area contributed by atoms with Crippen LogP contribution in [0.15, 0.2) is 54.0 Å². The Balaban J connectivity index is 2.26. The minimum absolute atomic E-state index is 0.130. The molecule has 1 atom stereocenters. The third kappa shape index (κ3) is 2.04. The average molecular weight is 201 g/mol. The van der Waals surface area contributed by atoms with Crippen molar-refractivity contribution in [1.82, 2.24) is 10.3 Å². The predicted molar refractivity (Wildman–Crippen MR) is 57.8 cm³/mol. The van der Waals surface area contributed by atoms with Crippen molar-refractivity contribution in [3.63, 3.8) is 0 Å². The van der Waals surface area contributed by atoms with E-state index in [1.54, 1.807) is 12.4 Å². The molecule has 0 saturated carbocycles. The molecule has 4 nitrogen and oxygen atoms in total. The maximum Gasteiger partial charge on any atom is 0.131 e. The molecule has 0 bridgehead atoms. The smallest absolute Gasteiger partial charge is 0.131 e. The molecule has 1 aliphatic heterocycles. The van der Waals surface area contributed by atoms with Crippen LogP contribution < -0.4 is 5.32 Å². The molecule has 0 radical (unpaired) electrons. The SMILES string of the molecule is O/N=C(/c1ccccn1)C1C=CC=CN1. The van der Waals surface area contributed by atoms with Gasteiger partial charge < -0.3 is 10.5 Å². The van der Waals surface area contributed by atoms with Crippen molar-refractivity contribution in [2.24, 2.45) is 5.16 Å². The summed E-state index contributed by atoms with van der Waals surface area (Å²) in [6, 6.07) is 5.36. The Bertz CT molecular complexity index is 409. The van der Waals surface area contributed by atoms with Crippen molar-refractivity contribution in [3.8, 4) is 0 Å². The number of nitrogens with one attached hydrogen (secondary N) is 1. The van der Waals surface area contributed by atoms with Crippen LogP contribution >= 0.6 is 0 Å². The molecule has 0 aliphatic carbocycles. The second-order valence-electron chi connectivity index (χ2n) is 3.09. The maximum atomic E-state index is 8.98. The number of oxime groups is 1. The van der Waals surface area contributed by atoms with Gasteiger partial charge in [0, 0.05) is 6.20 Å². The van der Waals surface area contributed by atoms with E-state index in [0.717, 1.165) is 0 Å². The van der Waals surface area contributed by atoms with E-state index in [2.05, 4.69) is 15.5 Å². The van der Waals surface area contributed by atoms with Crippen LogP contribution in [0.3, 0.4) is 0 Å². The lowest BCUT2D eigenvalue weighted by Gasteiger charge is -2.16. The summed E-state index contributed by atoms with van der Waals surface area (Å²) < 4.78 is 0. The minimum Gasteiger partial charge on any atom is -0.411 e. The molecule has 15 heavy (non-hydrogen) atoms. The molecule has 1 aliphatic rings. The fourth-order valence-electron chi connectivity index (χ4n) is 1.40. The molecule has 0 aromatic carbocycles. The topological polar surface area (TPSA) is 57.5 Å². The van der Waals surface area contributed by atoms with Gasteiger partial charge >= 0.3 is 0 Å². The first kappa shape index (κ1) is 9.45. The van der Waals surface area contributed by atoms with Gasteiger partial charge in [0.2, 0.25) is 0 Å². The first-order chi connectivity index (χ1) is 7.42. The highest BCUT2D eigenvalue weighted by Crippen LogP contribution is 2.05. The van der Waals surface area contributed by atoms with Gasteiger partial charge in [-0.1, -0.05) is 23.4 Å². The predicted octanol–water partition coefficient (Wildman–Crippen LogP) is 1.30. The lowest BCUT2D eigenvalue weighted by atomic mass is 10.1. The van der Waals surface area contributed by atoms with Crippen molar-refractivity contribution in [1.29, 1.82) is 0 Å². The Labute approximate surface area is 87.6 Å². The first-order valence-corrected chi connectivity index (χ1v) is 4.64. The highest BCUT2D eigenvalue weighted by atomic mass is 16.4. The fraction of sp³-hybridized carbons (Fsp3) is 0.0909. The average Bonchev–Trinajstić information content (AvgIpc) is 2.33. The molecule has 4 heteroatoms. The zero-order valence-electron chi connectivity index (χ0n) is 8.04. The van der Waals surface area contributed by atoms with E-state index in [4.69, 9.17) is 5.21 Å². The van der Waals surface area contributed by atoms with Gasteiger partial charge in [0.1, 0.15) is 5.71 Å². The molecular weight excluding hydrogens is 190 g/mol. The Morgan fingerprint density at radius 3 is 2.93 bits per heavy atom. The summed E-state index contributed by atoms with van der Waals surface area (Å²) in [7, 11) is 0. The van der Waals surface area contributed by atoms with Crippen molar-refractivity contribution in [2.75, 3.05) is 0 Å². The van der Waals surface area contributed by atoms with E-state index in [9.17, 15) is 0 Å². The summed E-state index contributed by atoms with van der Waals surface area (Å²) in [6.45, 7) is 0. The monoisotopic (exact) mass is 201 g/mol. The summed E-state index contributed by atoms with van der Waals surface area (Å²) in [4.78, 5) is 4.14. The lowest BCUT2D eigenvalue weighted by Crippen LogP contribution is -2.33. The van der Waals surface area contributed by atoms with Crippen LogP contribution in [-0.4, -0.2) is 21.9 Å². The van der Waals surface area contributed by atoms with E-state index >= 15 is 0 Å². The van der Waals surface area contributed by atoms with Crippen LogP contribution in [0.1, 0.15) is 5.69 Å². The Morgan fingerprint density at radius 2 is 2.33 bits per heavy atom. The maximum absolute atomic E-state index is 8.98. The van der Waals surface area contributed by atoms with Crippen LogP contribution in [0.5, 0.6) is 0 Å². The molecule has 2 heterocycles.